The number of thioether (sulfide) groups is 1. The zero-order chi connectivity index (χ0) is 12.5. The fourth-order valence-electron chi connectivity index (χ4n) is 1.65. The molecule has 0 fully saturated rings. The minimum absolute atomic E-state index is 1.06. The molecular weight excluding hydrogens is 228 g/mol. The molecule has 1 rings (SSSR count). The van der Waals surface area contributed by atoms with Crippen LogP contribution in [0.1, 0.15) is 12.5 Å². The summed E-state index contributed by atoms with van der Waals surface area (Å²) in [7, 11) is 4.18. The van der Waals surface area contributed by atoms with Gasteiger partial charge in [-0.1, -0.05) is 19.1 Å². The Morgan fingerprint density at radius 3 is 2.47 bits per heavy atom. The van der Waals surface area contributed by atoms with Gasteiger partial charge in [0.25, 0.3) is 0 Å². The first-order valence-corrected chi connectivity index (χ1v) is 7.29. The molecule has 17 heavy (non-hydrogen) atoms. The molecule has 96 valence electrons. The average molecular weight is 252 g/mol. The standard InChI is InChI=1S/C14H24N2S/c1-4-17-14-7-5-13(6-8-14)9-11-16(3)12-10-15-2/h5-8,15H,4,9-12H2,1-3H3. The summed E-state index contributed by atoms with van der Waals surface area (Å²) in [4.78, 5) is 3.74. The van der Waals surface area contributed by atoms with Crippen LogP contribution in [0.25, 0.3) is 0 Å². The lowest BCUT2D eigenvalue weighted by Gasteiger charge is -2.16. The molecule has 0 spiro atoms. The van der Waals surface area contributed by atoms with E-state index in [0.29, 0.717) is 0 Å². The lowest BCUT2D eigenvalue weighted by molar-refractivity contribution is 0.339. The van der Waals surface area contributed by atoms with E-state index in [-0.39, 0.29) is 0 Å². The van der Waals surface area contributed by atoms with Crippen LogP contribution in [0.4, 0.5) is 0 Å². The number of nitrogens with one attached hydrogen (secondary N) is 1. The molecule has 3 heteroatoms. The van der Waals surface area contributed by atoms with Crippen molar-refractivity contribution in [3.63, 3.8) is 0 Å². The van der Waals surface area contributed by atoms with Gasteiger partial charge < -0.3 is 10.2 Å². The maximum absolute atomic E-state index is 3.17. The molecule has 0 bridgehead atoms. The molecule has 1 N–H and O–H groups in total. The number of rotatable bonds is 8. The van der Waals surface area contributed by atoms with Gasteiger partial charge in [-0.15, -0.1) is 11.8 Å². The second kappa shape index (κ2) is 8.56. The summed E-state index contributed by atoms with van der Waals surface area (Å²) < 4.78 is 0. The van der Waals surface area contributed by atoms with Crippen LogP contribution in [-0.2, 0) is 6.42 Å². The molecule has 0 unspecified atom stereocenters. The highest BCUT2D eigenvalue weighted by molar-refractivity contribution is 7.99. The number of benzene rings is 1. The number of hydrogen-bond donors (Lipinski definition) is 1. The number of likely N-dealkylation sites (N-methyl/N-ethyl adjacent to an activating group) is 2. The van der Waals surface area contributed by atoms with E-state index in [9.17, 15) is 0 Å². The van der Waals surface area contributed by atoms with Crippen molar-refractivity contribution >= 4 is 11.8 Å². The predicted octanol–water partition coefficient (Wildman–Crippen LogP) is 2.49. The lowest BCUT2D eigenvalue weighted by Crippen LogP contribution is -2.29. The summed E-state index contributed by atoms with van der Waals surface area (Å²) in [6.45, 7) is 5.49. The highest BCUT2D eigenvalue weighted by Crippen LogP contribution is 2.17. The summed E-state index contributed by atoms with van der Waals surface area (Å²) in [6.07, 6.45) is 1.14. The fourth-order valence-corrected chi connectivity index (χ4v) is 2.32. The van der Waals surface area contributed by atoms with Crippen molar-refractivity contribution in [2.24, 2.45) is 0 Å². The zero-order valence-corrected chi connectivity index (χ0v) is 12.0. The fraction of sp³-hybridized carbons (Fsp3) is 0.571. The van der Waals surface area contributed by atoms with Crippen LogP contribution in [0, 0.1) is 0 Å². The quantitative estimate of drug-likeness (QED) is 0.716. The van der Waals surface area contributed by atoms with Gasteiger partial charge >= 0.3 is 0 Å². The van der Waals surface area contributed by atoms with Gasteiger partial charge in [-0.05, 0) is 44.0 Å². The topological polar surface area (TPSA) is 15.3 Å². The average Bonchev–Trinajstić information content (AvgIpc) is 2.36. The molecule has 2 nitrogen and oxygen atoms in total. The third kappa shape index (κ3) is 6.10. The number of nitrogens with zero attached hydrogens (tertiary/aromatic N) is 1. The molecule has 1 aromatic carbocycles. The van der Waals surface area contributed by atoms with E-state index < -0.39 is 0 Å². The van der Waals surface area contributed by atoms with Crippen LogP contribution in [0.15, 0.2) is 29.2 Å². The van der Waals surface area contributed by atoms with Crippen molar-refractivity contribution in [2.75, 3.05) is 39.5 Å². The van der Waals surface area contributed by atoms with Crippen LogP contribution in [0.3, 0.4) is 0 Å². The van der Waals surface area contributed by atoms with Crippen LogP contribution in [0.5, 0.6) is 0 Å². The molecule has 0 aromatic heterocycles. The van der Waals surface area contributed by atoms with Gasteiger partial charge in [0.05, 0.1) is 0 Å². The molecule has 0 amide bonds. The lowest BCUT2D eigenvalue weighted by atomic mass is 10.1. The van der Waals surface area contributed by atoms with Crippen molar-refractivity contribution in [2.45, 2.75) is 18.2 Å². The first-order valence-electron chi connectivity index (χ1n) is 6.31. The van der Waals surface area contributed by atoms with Crippen molar-refractivity contribution in [3.8, 4) is 0 Å². The minimum Gasteiger partial charge on any atom is -0.318 e. The minimum atomic E-state index is 1.06. The summed E-state index contributed by atoms with van der Waals surface area (Å²) in [5.74, 6) is 1.14. The second-order valence-electron chi connectivity index (χ2n) is 4.23. The predicted molar refractivity (Wildman–Crippen MR) is 78.0 cm³/mol. The first kappa shape index (κ1) is 14.6. The molecule has 0 saturated heterocycles. The highest BCUT2D eigenvalue weighted by Gasteiger charge is 1.99. The smallest absolute Gasteiger partial charge is 0.0104 e. The summed E-state index contributed by atoms with van der Waals surface area (Å²) in [5, 5.41) is 3.17. The Morgan fingerprint density at radius 2 is 1.88 bits per heavy atom. The molecule has 0 aliphatic rings. The van der Waals surface area contributed by atoms with E-state index >= 15 is 0 Å². The van der Waals surface area contributed by atoms with Crippen molar-refractivity contribution in [3.05, 3.63) is 29.8 Å². The molecule has 0 radical (unpaired) electrons. The van der Waals surface area contributed by atoms with Crippen molar-refractivity contribution < 1.29 is 0 Å². The maximum Gasteiger partial charge on any atom is 0.0104 e. The van der Waals surface area contributed by atoms with E-state index in [1.54, 1.807) is 0 Å². The Morgan fingerprint density at radius 1 is 1.18 bits per heavy atom. The normalized spacial score (nSPS) is 11.1. The largest absolute Gasteiger partial charge is 0.318 e. The van der Waals surface area contributed by atoms with Crippen molar-refractivity contribution in [1.29, 1.82) is 0 Å². The monoisotopic (exact) mass is 252 g/mol. The first-order chi connectivity index (χ1) is 8.26. The van der Waals surface area contributed by atoms with Crippen LogP contribution in [-0.4, -0.2) is 44.4 Å². The van der Waals surface area contributed by atoms with Crippen LogP contribution < -0.4 is 5.32 Å². The Bertz CT molecular complexity index is 298. The van der Waals surface area contributed by atoms with E-state index in [4.69, 9.17) is 0 Å². The van der Waals surface area contributed by atoms with E-state index in [2.05, 4.69) is 48.5 Å². The molecule has 0 atom stereocenters. The van der Waals surface area contributed by atoms with Gasteiger partial charge in [0.2, 0.25) is 0 Å². The van der Waals surface area contributed by atoms with Gasteiger partial charge in [0, 0.05) is 24.5 Å². The Kier molecular flexibility index (Phi) is 7.33. The Hall–Kier alpha value is -0.510. The number of hydrogen-bond acceptors (Lipinski definition) is 3. The van der Waals surface area contributed by atoms with E-state index in [0.717, 1.165) is 31.8 Å². The molecule has 0 aliphatic carbocycles. The zero-order valence-electron chi connectivity index (χ0n) is 11.2. The van der Waals surface area contributed by atoms with E-state index in [1.807, 2.05) is 18.8 Å². The SMILES string of the molecule is CCSc1ccc(CCN(C)CCNC)cc1. The van der Waals surface area contributed by atoms with E-state index in [1.165, 1.54) is 10.5 Å². The Balaban J connectivity index is 2.31. The molecule has 0 saturated carbocycles. The van der Waals surface area contributed by atoms with Crippen molar-refractivity contribution in [1.82, 2.24) is 10.2 Å². The van der Waals surface area contributed by atoms with Gasteiger partial charge in [-0.25, -0.2) is 0 Å². The molecule has 1 aromatic rings. The van der Waals surface area contributed by atoms with Crippen LogP contribution in [0.2, 0.25) is 0 Å². The Labute approximate surface area is 110 Å². The maximum atomic E-state index is 3.17. The van der Waals surface area contributed by atoms with Crippen LogP contribution >= 0.6 is 11.8 Å². The second-order valence-corrected chi connectivity index (χ2v) is 5.57. The summed E-state index contributed by atoms with van der Waals surface area (Å²) in [6, 6.07) is 8.97. The summed E-state index contributed by atoms with van der Waals surface area (Å²) in [5.41, 5.74) is 1.43. The molecule has 0 heterocycles. The van der Waals surface area contributed by atoms with Gasteiger partial charge in [0.15, 0.2) is 0 Å². The summed E-state index contributed by atoms with van der Waals surface area (Å²) >= 11 is 1.90. The highest BCUT2D eigenvalue weighted by atomic mass is 32.2. The third-order valence-electron chi connectivity index (χ3n) is 2.76. The molecular formula is C14H24N2S. The van der Waals surface area contributed by atoms with Gasteiger partial charge in [-0.3, -0.25) is 0 Å². The van der Waals surface area contributed by atoms with Gasteiger partial charge in [-0.2, -0.15) is 0 Å². The van der Waals surface area contributed by atoms with Gasteiger partial charge in [0.1, 0.15) is 0 Å². The molecule has 0 aliphatic heterocycles. The third-order valence-corrected chi connectivity index (χ3v) is 3.65.